The van der Waals surface area contributed by atoms with E-state index in [-0.39, 0.29) is 31.1 Å². The van der Waals surface area contributed by atoms with Gasteiger partial charge in [0.25, 0.3) is 0 Å². The molecule has 0 saturated carbocycles. The predicted octanol–water partition coefficient (Wildman–Crippen LogP) is 6.38. The molecule has 0 rings (SSSR count). The fourth-order valence-electron chi connectivity index (χ4n) is 3.54. The number of rotatable bonds is 24. The molecule has 0 aromatic rings. The van der Waals surface area contributed by atoms with E-state index in [4.69, 9.17) is 19.3 Å². The number of methoxy groups -OCH3 is 1. The van der Waals surface area contributed by atoms with Crippen LogP contribution < -0.4 is 0 Å². The smallest absolute Gasteiger partial charge is 0.306 e. The van der Waals surface area contributed by atoms with Gasteiger partial charge in [-0.25, -0.2) is 0 Å². The lowest BCUT2D eigenvalue weighted by Gasteiger charge is -2.16. The second-order valence-electron chi connectivity index (χ2n) is 8.79. The van der Waals surface area contributed by atoms with E-state index < -0.39 is 5.97 Å². The van der Waals surface area contributed by atoms with Gasteiger partial charge in [-0.05, 0) is 44.9 Å². The van der Waals surface area contributed by atoms with Crippen LogP contribution in [0.1, 0.15) is 116 Å². The van der Waals surface area contributed by atoms with Gasteiger partial charge in [-0.1, -0.05) is 57.6 Å². The summed E-state index contributed by atoms with van der Waals surface area (Å²) < 4.78 is 15.7. The van der Waals surface area contributed by atoms with E-state index in [0.717, 1.165) is 57.8 Å². The molecule has 0 radical (unpaired) electrons. The fraction of sp³-hybridized carbons (Fsp3) is 0.815. The molecule has 0 fully saturated rings. The van der Waals surface area contributed by atoms with Gasteiger partial charge in [-0.3, -0.25) is 14.4 Å². The number of aliphatic carboxylic acids is 1. The molecule has 0 bridgehead atoms. The number of esters is 2. The minimum atomic E-state index is -0.870. The number of carboxylic acid groups (broad SMARTS) is 1. The number of carboxylic acids is 1. The molecule has 0 saturated heterocycles. The summed E-state index contributed by atoms with van der Waals surface area (Å²) in [4.78, 5) is 34.0. The van der Waals surface area contributed by atoms with Crippen LogP contribution in [0.5, 0.6) is 0 Å². The third-order valence-corrected chi connectivity index (χ3v) is 5.52. The Morgan fingerprint density at radius 1 is 0.765 bits per heavy atom. The van der Waals surface area contributed by atoms with Crippen LogP contribution in [0.3, 0.4) is 0 Å². The van der Waals surface area contributed by atoms with Gasteiger partial charge in [-0.2, -0.15) is 0 Å². The zero-order valence-corrected chi connectivity index (χ0v) is 21.6. The lowest BCUT2D eigenvalue weighted by molar-refractivity contribution is -0.149. The second kappa shape index (κ2) is 24.2. The predicted molar refractivity (Wildman–Crippen MR) is 134 cm³/mol. The normalized spacial score (nSPS) is 12.1. The first-order chi connectivity index (χ1) is 16.5. The maximum atomic E-state index is 12.1. The summed E-state index contributed by atoms with van der Waals surface area (Å²) in [6, 6.07) is 0. The zero-order chi connectivity index (χ0) is 25.3. The third kappa shape index (κ3) is 23.3. The van der Waals surface area contributed by atoms with E-state index in [1.807, 2.05) is 0 Å². The molecule has 0 aliphatic rings. The summed E-state index contributed by atoms with van der Waals surface area (Å²) in [5.74, 6) is -1.24. The van der Waals surface area contributed by atoms with Crippen molar-refractivity contribution >= 4 is 17.9 Å². The van der Waals surface area contributed by atoms with Gasteiger partial charge in [-0.15, -0.1) is 0 Å². The average Bonchev–Trinajstić information content (AvgIpc) is 2.80. The molecule has 7 nitrogen and oxygen atoms in total. The summed E-state index contributed by atoms with van der Waals surface area (Å²) >= 11 is 0. The van der Waals surface area contributed by atoms with Crippen molar-refractivity contribution in [3.8, 4) is 0 Å². The third-order valence-electron chi connectivity index (χ3n) is 5.52. The molecular weight excluding hydrogens is 436 g/mol. The highest BCUT2D eigenvalue weighted by atomic mass is 16.5. The van der Waals surface area contributed by atoms with E-state index in [2.05, 4.69) is 19.1 Å². The first-order valence-corrected chi connectivity index (χ1v) is 13.2. The largest absolute Gasteiger partial charge is 0.481 e. The number of unbranched alkanes of at least 4 members (excludes halogenated alkanes) is 8. The van der Waals surface area contributed by atoms with E-state index in [0.29, 0.717) is 32.3 Å². The van der Waals surface area contributed by atoms with Gasteiger partial charge in [0.05, 0.1) is 6.61 Å². The van der Waals surface area contributed by atoms with Crippen molar-refractivity contribution in [2.75, 3.05) is 20.3 Å². The van der Waals surface area contributed by atoms with Crippen molar-refractivity contribution in [3.63, 3.8) is 0 Å². The monoisotopic (exact) mass is 484 g/mol. The van der Waals surface area contributed by atoms with E-state index in [1.165, 1.54) is 19.3 Å². The van der Waals surface area contributed by atoms with E-state index in [9.17, 15) is 14.4 Å². The van der Waals surface area contributed by atoms with Crippen LogP contribution in [0, 0.1) is 0 Å². The fourth-order valence-corrected chi connectivity index (χ4v) is 3.54. The molecular formula is C27H48O7. The van der Waals surface area contributed by atoms with Crippen molar-refractivity contribution in [2.24, 2.45) is 0 Å². The van der Waals surface area contributed by atoms with Crippen LogP contribution in [0.2, 0.25) is 0 Å². The van der Waals surface area contributed by atoms with Crippen molar-refractivity contribution in [3.05, 3.63) is 12.2 Å². The molecule has 7 heteroatoms. The molecule has 1 unspecified atom stereocenters. The highest BCUT2D eigenvalue weighted by Crippen LogP contribution is 2.14. The van der Waals surface area contributed by atoms with Gasteiger partial charge < -0.3 is 19.3 Å². The molecule has 0 aromatic heterocycles. The van der Waals surface area contributed by atoms with Gasteiger partial charge in [0.15, 0.2) is 0 Å². The highest BCUT2D eigenvalue weighted by Gasteiger charge is 2.13. The minimum absolute atomic E-state index is 0.0291. The van der Waals surface area contributed by atoms with Gasteiger partial charge >= 0.3 is 17.9 Å². The SMILES string of the molecule is CCCCCCC(CC=CCCCCCCCC(=O)OCCCC(=O)O)OC(=O)CCCOC. The van der Waals surface area contributed by atoms with Crippen LogP contribution in [-0.4, -0.2) is 49.4 Å². The Morgan fingerprint density at radius 3 is 2.18 bits per heavy atom. The van der Waals surface area contributed by atoms with Crippen molar-refractivity contribution in [1.29, 1.82) is 0 Å². The first kappa shape index (κ1) is 32.1. The van der Waals surface area contributed by atoms with Gasteiger partial charge in [0.1, 0.15) is 6.10 Å². The summed E-state index contributed by atoms with van der Waals surface area (Å²) in [7, 11) is 1.64. The highest BCUT2D eigenvalue weighted by molar-refractivity contribution is 5.70. The Labute approximate surface area is 206 Å². The van der Waals surface area contributed by atoms with Crippen LogP contribution in [0.15, 0.2) is 12.2 Å². The van der Waals surface area contributed by atoms with Crippen molar-refractivity contribution in [1.82, 2.24) is 0 Å². The average molecular weight is 485 g/mol. The number of hydrogen-bond acceptors (Lipinski definition) is 6. The molecule has 0 amide bonds. The Morgan fingerprint density at radius 2 is 1.44 bits per heavy atom. The van der Waals surface area contributed by atoms with Crippen LogP contribution in [-0.2, 0) is 28.6 Å². The lowest BCUT2D eigenvalue weighted by atomic mass is 10.1. The standard InChI is InChI=1S/C27H48O7/c1-3-4-5-12-17-24(34-27(31)21-16-22-32-2)18-13-10-8-6-7-9-11-14-20-26(30)33-23-15-19-25(28)29/h10,13,24H,3-9,11-12,14-23H2,1-2H3,(H,28,29). The molecule has 0 heterocycles. The van der Waals surface area contributed by atoms with Gasteiger partial charge in [0, 0.05) is 39.4 Å². The summed E-state index contributed by atoms with van der Waals surface area (Å²) in [5.41, 5.74) is 0. The van der Waals surface area contributed by atoms with E-state index in [1.54, 1.807) is 7.11 Å². The summed E-state index contributed by atoms with van der Waals surface area (Å²) in [6.45, 7) is 2.95. The number of hydrogen-bond donors (Lipinski definition) is 1. The van der Waals surface area contributed by atoms with Crippen LogP contribution in [0.25, 0.3) is 0 Å². The number of carbonyl (C=O) groups excluding carboxylic acids is 2. The van der Waals surface area contributed by atoms with Crippen LogP contribution >= 0.6 is 0 Å². The molecule has 1 N–H and O–H groups in total. The van der Waals surface area contributed by atoms with Crippen LogP contribution in [0.4, 0.5) is 0 Å². The topological polar surface area (TPSA) is 99.1 Å². The Hall–Kier alpha value is -1.89. The lowest BCUT2D eigenvalue weighted by Crippen LogP contribution is -2.18. The summed E-state index contributed by atoms with van der Waals surface area (Å²) in [5, 5.41) is 8.54. The maximum absolute atomic E-state index is 12.1. The van der Waals surface area contributed by atoms with Crippen molar-refractivity contribution < 1.29 is 33.7 Å². The Balaban J connectivity index is 3.88. The number of allylic oxidation sites excluding steroid dienone is 1. The molecule has 1 atom stereocenters. The molecule has 34 heavy (non-hydrogen) atoms. The van der Waals surface area contributed by atoms with Crippen molar-refractivity contribution in [2.45, 2.75) is 122 Å². The summed E-state index contributed by atoms with van der Waals surface area (Å²) in [6.07, 6.45) is 18.7. The quantitative estimate of drug-likeness (QED) is 0.0964. The Kier molecular flexibility index (Phi) is 22.9. The minimum Gasteiger partial charge on any atom is -0.481 e. The Bertz CT molecular complexity index is 545. The number of ether oxygens (including phenoxy) is 3. The zero-order valence-electron chi connectivity index (χ0n) is 21.6. The molecule has 0 aliphatic carbocycles. The molecule has 198 valence electrons. The molecule has 0 aromatic carbocycles. The first-order valence-electron chi connectivity index (χ1n) is 13.2. The number of carbonyl (C=O) groups is 3. The molecule has 0 aliphatic heterocycles. The maximum Gasteiger partial charge on any atom is 0.306 e. The van der Waals surface area contributed by atoms with E-state index >= 15 is 0 Å². The second-order valence-corrected chi connectivity index (χ2v) is 8.79. The molecule has 0 spiro atoms. The van der Waals surface area contributed by atoms with Gasteiger partial charge in [0.2, 0.25) is 0 Å².